The molecule has 3 heterocycles. The number of benzene rings is 3. The zero-order chi connectivity index (χ0) is 24.8. The van der Waals surface area contributed by atoms with E-state index >= 15 is 0 Å². The molecule has 3 aromatic carbocycles. The molecule has 36 heavy (non-hydrogen) atoms. The molecule has 0 bridgehead atoms. The summed E-state index contributed by atoms with van der Waals surface area (Å²) in [5.41, 5.74) is 4.45. The summed E-state index contributed by atoms with van der Waals surface area (Å²) in [6.07, 6.45) is 1.61. The molecule has 0 radical (unpaired) electrons. The predicted octanol–water partition coefficient (Wildman–Crippen LogP) is 4.83. The van der Waals surface area contributed by atoms with Gasteiger partial charge in [0.25, 0.3) is 17.7 Å². The molecule has 1 atom stereocenters. The van der Waals surface area contributed by atoms with Crippen molar-refractivity contribution in [3.05, 3.63) is 82.9 Å². The number of nitrogens with one attached hydrogen (secondary N) is 1. The molecule has 1 unspecified atom stereocenters. The van der Waals surface area contributed by atoms with Gasteiger partial charge in [-0.05, 0) is 67.8 Å². The predicted molar refractivity (Wildman–Crippen MR) is 133 cm³/mol. The normalized spacial score (nSPS) is 17.1. The Hall–Kier alpha value is -4.30. The molecular formula is C28H23N3O5. The number of rotatable bonds is 5. The first-order valence-electron chi connectivity index (χ1n) is 11.9. The number of hydrogen-bond acceptors (Lipinski definition) is 6. The first-order chi connectivity index (χ1) is 17.5. The zero-order valence-corrected chi connectivity index (χ0v) is 19.6. The zero-order valence-electron chi connectivity index (χ0n) is 19.6. The van der Waals surface area contributed by atoms with E-state index in [1.54, 1.807) is 18.2 Å². The number of nitrogens with zero attached hydrogens (tertiary/aromatic N) is 2. The number of fused-ring (bicyclic) bond motifs is 2. The Morgan fingerprint density at radius 3 is 2.67 bits per heavy atom. The van der Waals surface area contributed by atoms with Gasteiger partial charge in [-0.3, -0.25) is 19.3 Å². The summed E-state index contributed by atoms with van der Waals surface area (Å²) >= 11 is 0. The number of hydrogen-bond donors (Lipinski definition) is 1. The Morgan fingerprint density at radius 1 is 1.03 bits per heavy atom. The highest BCUT2D eigenvalue weighted by atomic mass is 16.5. The van der Waals surface area contributed by atoms with Gasteiger partial charge >= 0.3 is 0 Å². The van der Waals surface area contributed by atoms with Crippen LogP contribution in [0.25, 0.3) is 22.6 Å². The maximum atomic E-state index is 13.1. The molecule has 8 nitrogen and oxygen atoms in total. The standard InChI is InChI=1S/C28H23N3O5/c1-16-19(26-30-23-8-2-3-10-24(23)36-26)7-4-9-22(16)29-25(32)17-11-12-20-21(14-17)28(34)31(27(20)33)15-18-6-5-13-35-18/h2-4,7-12,14,18H,5-6,13,15H2,1H3,(H,29,32). The van der Waals surface area contributed by atoms with Crippen LogP contribution in [0.5, 0.6) is 0 Å². The highest BCUT2D eigenvalue weighted by Crippen LogP contribution is 2.31. The minimum absolute atomic E-state index is 0.133. The second-order valence-electron chi connectivity index (χ2n) is 9.04. The smallest absolute Gasteiger partial charge is 0.261 e. The van der Waals surface area contributed by atoms with Crippen molar-refractivity contribution in [1.29, 1.82) is 0 Å². The maximum Gasteiger partial charge on any atom is 0.261 e. The Labute approximate surface area is 206 Å². The first-order valence-corrected chi connectivity index (χ1v) is 11.9. The van der Waals surface area contributed by atoms with E-state index in [1.165, 1.54) is 11.0 Å². The number of anilines is 1. The highest BCUT2D eigenvalue weighted by Gasteiger charge is 2.38. The monoisotopic (exact) mass is 481 g/mol. The molecule has 3 amide bonds. The fourth-order valence-electron chi connectivity index (χ4n) is 4.77. The molecular weight excluding hydrogens is 458 g/mol. The molecule has 4 aromatic rings. The Bertz CT molecular complexity index is 1500. The van der Waals surface area contributed by atoms with E-state index in [9.17, 15) is 14.4 Å². The fraction of sp³-hybridized carbons (Fsp3) is 0.214. The molecule has 2 aliphatic heterocycles. The van der Waals surface area contributed by atoms with Crippen molar-refractivity contribution in [2.75, 3.05) is 18.5 Å². The molecule has 1 aromatic heterocycles. The minimum atomic E-state index is -0.394. The Balaban J connectivity index is 1.24. The number of oxazole rings is 1. The number of amides is 3. The molecule has 8 heteroatoms. The third-order valence-corrected chi connectivity index (χ3v) is 6.75. The third-order valence-electron chi connectivity index (χ3n) is 6.75. The summed E-state index contributed by atoms with van der Waals surface area (Å²) in [4.78, 5) is 44.6. The van der Waals surface area contributed by atoms with Gasteiger partial charge in [0.05, 0.1) is 23.8 Å². The number of carbonyl (C=O) groups excluding carboxylic acids is 3. The first kappa shape index (κ1) is 22.2. The van der Waals surface area contributed by atoms with Crippen LogP contribution in [-0.2, 0) is 4.74 Å². The summed E-state index contributed by atoms with van der Waals surface area (Å²) in [5.74, 6) is -0.653. The molecule has 0 saturated carbocycles. The maximum absolute atomic E-state index is 13.1. The van der Waals surface area contributed by atoms with Gasteiger partial charge in [0, 0.05) is 23.4 Å². The lowest BCUT2D eigenvalue weighted by Crippen LogP contribution is -2.36. The van der Waals surface area contributed by atoms with Crippen LogP contribution in [0.4, 0.5) is 5.69 Å². The van der Waals surface area contributed by atoms with Crippen LogP contribution in [-0.4, -0.2) is 46.9 Å². The second-order valence-corrected chi connectivity index (χ2v) is 9.04. The lowest BCUT2D eigenvalue weighted by Gasteiger charge is -2.17. The quantitative estimate of drug-likeness (QED) is 0.410. The van der Waals surface area contributed by atoms with Crippen molar-refractivity contribution in [2.45, 2.75) is 25.9 Å². The van der Waals surface area contributed by atoms with E-state index in [-0.39, 0.29) is 30.0 Å². The topological polar surface area (TPSA) is 102 Å². The van der Waals surface area contributed by atoms with E-state index in [0.29, 0.717) is 34.9 Å². The molecule has 6 rings (SSSR count). The van der Waals surface area contributed by atoms with Crippen molar-refractivity contribution in [3.63, 3.8) is 0 Å². The van der Waals surface area contributed by atoms with Gasteiger partial charge in [-0.1, -0.05) is 18.2 Å². The lowest BCUT2D eigenvalue weighted by molar-refractivity contribution is 0.0475. The molecule has 1 N–H and O–H groups in total. The van der Waals surface area contributed by atoms with Crippen LogP contribution in [0.2, 0.25) is 0 Å². The van der Waals surface area contributed by atoms with Gasteiger partial charge in [0.1, 0.15) is 5.52 Å². The van der Waals surface area contributed by atoms with E-state index in [2.05, 4.69) is 10.3 Å². The van der Waals surface area contributed by atoms with Crippen LogP contribution < -0.4 is 5.32 Å². The Kier molecular flexibility index (Phi) is 5.38. The van der Waals surface area contributed by atoms with Crippen LogP contribution >= 0.6 is 0 Å². The van der Waals surface area contributed by atoms with Crippen molar-refractivity contribution < 1.29 is 23.5 Å². The van der Waals surface area contributed by atoms with Crippen molar-refractivity contribution in [1.82, 2.24) is 9.88 Å². The average Bonchev–Trinajstić information content (AvgIpc) is 3.61. The number of carbonyl (C=O) groups is 3. The number of aromatic nitrogens is 1. The number of para-hydroxylation sites is 2. The van der Waals surface area contributed by atoms with Crippen LogP contribution in [0, 0.1) is 6.92 Å². The van der Waals surface area contributed by atoms with E-state index in [1.807, 2.05) is 43.3 Å². The van der Waals surface area contributed by atoms with Gasteiger partial charge in [-0.15, -0.1) is 0 Å². The van der Waals surface area contributed by atoms with Gasteiger partial charge in [0.15, 0.2) is 5.58 Å². The number of ether oxygens (including phenoxy) is 1. The van der Waals surface area contributed by atoms with Gasteiger partial charge in [0.2, 0.25) is 5.89 Å². The van der Waals surface area contributed by atoms with Crippen LogP contribution in [0.15, 0.2) is 65.1 Å². The van der Waals surface area contributed by atoms with E-state index in [4.69, 9.17) is 9.15 Å². The number of imide groups is 1. The third kappa shape index (κ3) is 3.76. The summed E-state index contributed by atoms with van der Waals surface area (Å²) < 4.78 is 11.5. The average molecular weight is 482 g/mol. The summed E-state index contributed by atoms with van der Waals surface area (Å²) in [5, 5.41) is 2.92. The largest absolute Gasteiger partial charge is 0.436 e. The summed E-state index contributed by atoms with van der Waals surface area (Å²) in [6.45, 7) is 2.76. The van der Waals surface area contributed by atoms with Crippen molar-refractivity contribution in [3.8, 4) is 11.5 Å². The van der Waals surface area contributed by atoms with Crippen LogP contribution in [0.1, 0.15) is 49.5 Å². The molecule has 2 aliphatic rings. The highest BCUT2D eigenvalue weighted by molar-refractivity contribution is 6.22. The van der Waals surface area contributed by atoms with Gasteiger partial charge < -0.3 is 14.5 Å². The molecule has 0 spiro atoms. The summed E-state index contributed by atoms with van der Waals surface area (Å²) in [7, 11) is 0. The minimum Gasteiger partial charge on any atom is -0.436 e. The van der Waals surface area contributed by atoms with E-state index < -0.39 is 5.91 Å². The van der Waals surface area contributed by atoms with Crippen LogP contribution in [0.3, 0.4) is 0 Å². The van der Waals surface area contributed by atoms with Gasteiger partial charge in [-0.2, -0.15) is 0 Å². The second kappa shape index (κ2) is 8.73. The lowest BCUT2D eigenvalue weighted by atomic mass is 10.0. The Morgan fingerprint density at radius 2 is 1.86 bits per heavy atom. The SMILES string of the molecule is Cc1c(NC(=O)c2ccc3c(c2)C(=O)N(CC2CCCO2)C3=O)cccc1-c1nc2ccccc2o1. The molecule has 1 saturated heterocycles. The van der Waals surface area contributed by atoms with Gasteiger partial charge in [-0.25, -0.2) is 4.98 Å². The summed E-state index contributed by atoms with van der Waals surface area (Å²) in [6, 6.07) is 17.6. The van der Waals surface area contributed by atoms with Crippen molar-refractivity contribution >= 4 is 34.5 Å². The molecule has 180 valence electrons. The fourth-order valence-corrected chi connectivity index (χ4v) is 4.77. The van der Waals surface area contributed by atoms with Crippen molar-refractivity contribution in [2.24, 2.45) is 0 Å². The molecule has 1 fully saturated rings. The van der Waals surface area contributed by atoms with E-state index in [0.717, 1.165) is 29.5 Å². The molecule has 0 aliphatic carbocycles.